The molecule has 0 radical (unpaired) electrons. The average molecular weight is 192 g/mol. The molecular weight excluding hydrogens is 180 g/mol. The van der Waals surface area contributed by atoms with E-state index in [-0.39, 0.29) is 5.78 Å². The summed E-state index contributed by atoms with van der Waals surface area (Å²) in [6, 6.07) is 6.95. The van der Waals surface area contributed by atoms with Gasteiger partial charge in [0.1, 0.15) is 11.7 Å². The van der Waals surface area contributed by atoms with Crippen LogP contribution in [-0.2, 0) is 9.59 Å². The first-order chi connectivity index (χ1) is 6.52. The van der Waals surface area contributed by atoms with E-state index >= 15 is 0 Å². The Morgan fingerprint density at radius 1 is 1.21 bits per heavy atom. The average Bonchev–Trinajstić information content (AvgIpc) is 2.07. The van der Waals surface area contributed by atoms with E-state index in [0.29, 0.717) is 5.56 Å². The molecule has 1 rings (SSSR count). The minimum absolute atomic E-state index is 0.346. The molecule has 14 heavy (non-hydrogen) atoms. The summed E-state index contributed by atoms with van der Waals surface area (Å²) in [4.78, 5) is 21.9. The molecule has 0 aliphatic rings. The molecule has 1 N–H and O–H groups in total. The Labute approximate surface area is 82.4 Å². The van der Waals surface area contributed by atoms with Gasteiger partial charge in [0, 0.05) is 0 Å². The zero-order valence-electron chi connectivity index (χ0n) is 8.15. The molecule has 0 fully saturated rings. The third-order valence-electron chi connectivity index (χ3n) is 2.06. The molecule has 0 aliphatic heterocycles. The number of aliphatic carboxylic acids is 1. The molecular formula is C11H12O3. The van der Waals surface area contributed by atoms with Gasteiger partial charge in [-0.3, -0.25) is 9.59 Å². The molecule has 74 valence electrons. The molecule has 0 saturated heterocycles. The summed E-state index contributed by atoms with van der Waals surface area (Å²) < 4.78 is 0. The normalized spacial score (nSPS) is 12.1. The van der Waals surface area contributed by atoms with Gasteiger partial charge in [0.05, 0.1) is 0 Å². The van der Waals surface area contributed by atoms with Crippen LogP contribution in [0.25, 0.3) is 0 Å². The Kier molecular flexibility index (Phi) is 3.02. The van der Waals surface area contributed by atoms with Crippen molar-refractivity contribution in [3.8, 4) is 0 Å². The van der Waals surface area contributed by atoms with Crippen LogP contribution in [0.5, 0.6) is 0 Å². The number of benzene rings is 1. The number of Topliss-reactive ketones (excluding diaryl/α,β-unsaturated/α-hetero) is 1. The maximum atomic E-state index is 11.1. The molecule has 0 bridgehead atoms. The Morgan fingerprint density at radius 2 is 1.71 bits per heavy atom. The third-order valence-corrected chi connectivity index (χ3v) is 2.06. The third kappa shape index (κ3) is 2.19. The highest BCUT2D eigenvalue weighted by Crippen LogP contribution is 2.17. The molecule has 1 unspecified atom stereocenters. The highest BCUT2D eigenvalue weighted by Gasteiger charge is 2.24. The first-order valence-electron chi connectivity index (χ1n) is 4.32. The Bertz CT molecular complexity index is 337. The van der Waals surface area contributed by atoms with E-state index in [1.807, 2.05) is 6.92 Å². The van der Waals surface area contributed by atoms with Crippen LogP contribution in [0.15, 0.2) is 24.3 Å². The zero-order chi connectivity index (χ0) is 10.7. The van der Waals surface area contributed by atoms with Gasteiger partial charge in [-0.05, 0) is 19.4 Å². The number of carboxylic acids is 1. The van der Waals surface area contributed by atoms with Crippen LogP contribution in [-0.4, -0.2) is 16.9 Å². The van der Waals surface area contributed by atoms with Gasteiger partial charge in [-0.15, -0.1) is 0 Å². The lowest BCUT2D eigenvalue weighted by atomic mass is 9.95. The molecule has 0 spiro atoms. The second-order valence-electron chi connectivity index (χ2n) is 3.29. The predicted octanol–water partition coefficient (Wildman–Crippen LogP) is 1.75. The van der Waals surface area contributed by atoms with Gasteiger partial charge in [-0.2, -0.15) is 0 Å². The predicted molar refractivity (Wildman–Crippen MR) is 52.2 cm³/mol. The van der Waals surface area contributed by atoms with Crippen molar-refractivity contribution in [2.45, 2.75) is 19.8 Å². The maximum absolute atomic E-state index is 11.1. The Hall–Kier alpha value is -1.64. The van der Waals surface area contributed by atoms with Crippen molar-refractivity contribution < 1.29 is 14.7 Å². The molecule has 0 aromatic heterocycles. The summed E-state index contributed by atoms with van der Waals surface area (Å²) in [6.07, 6.45) is 0. The van der Waals surface area contributed by atoms with E-state index in [1.54, 1.807) is 24.3 Å². The van der Waals surface area contributed by atoms with E-state index in [0.717, 1.165) is 5.56 Å². The van der Waals surface area contributed by atoms with Crippen LogP contribution in [0.1, 0.15) is 24.0 Å². The number of aryl methyl sites for hydroxylation is 1. The van der Waals surface area contributed by atoms with E-state index in [2.05, 4.69) is 0 Å². The van der Waals surface area contributed by atoms with Crippen LogP contribution in [0.4, 0.5) is 0 Å². The number of ketones is 1. The Balaban J connectivity index is 3.06. The van der Waals surface area contributed by atoms with Crippen molar-refractivity contribution in [2.75, 3.05) is 0 Å². The quantitative estimate of drug-likeness (QED) is 0.742. The zero-order valence-corrected chi connectivity index (χ0v) is 8.15. The molecule has 0 aliphatic carbocycles. The molecule has 0 saturated carbocycles. The molecule has 0 amide bonds. The lowest BCUT2D eigenvalue weighted by Crippen LogP contribution is -2.18. The van der Waals surface area contributed by atoms with Crippen molar-refractivity contribution >= 4 is 11.8 Å². The van der Waals surface area contributed by atoms with Crippen molar-refractivity contribution in [1.82, 2.24) is 0 Å². The van der Waals surface area contributed by atoms with E-state index in [4.69, 9.17) is 5.11 Å². The first kappa shape index (κ1) is 10.4. The molecule has 1 aromatic carbocycles. The first-order valence-corrected chi connectivity index (χ1v) is 4.32. The largest absolute Gasteiger partial charge is 0.480 e. The number of carbonyl (C=O) groups is 2. The standard InChI is InChI=1S/C11H12O3/c1-7-3-5-9(6-4-7)10(8(2)12)11(13)14/h3-6,10H,1-2H3,(H,13,14). The molecule has 0 heterocycles. The number of rotatable bonds is 3. The summed E-state index contributed by atoms with van der Waals surface area (Å²) in [6.45, 7) is 3.20. The fourth-order valence-electron chi connectivity index (χ4n) is 1.31. The highest BCUT2D eigenvalue weighted by molar-refractivity contribution is 6.02. The van der Waals surface area contributed by atoms with Crippen molar-refractivity contribution in [2.24, 2.45) is 0 Å². The lowest BCUT2D eigenvalue weighted by Gasteiger charge is -2.08. The Morgan fingerprint density at radius 3 is 2.07 bits per heavy atom. The van der Waals surface area contributed by atoms with E-state index in [9.17, 15) is 9.59 Å². The fourth-order valence-corrected chi connectivity index (χ4v) is 1.31. The number of carboxylic acid groups (broad SMARTS) is 1. The van der Waals surface area contributed by atoms with Crippen LogP contribution >= 0.6 is 0 Å². The highest BCUT2D eigenvalue weighted by atomic mass is 16.4. The fraction of sp³-hybridized carbons (Fsp3) is 0.273. The second kappa shape index (κ2) is 4.05. The monoisotopic (exact) mass is 192 g/mol. The topological polar surface area (TPSA) is 54.4 Å². The van der Waals surface area contributed by atoms with Crippen LogP contribution in [0.3, 0.4) is 0 Å². The van der Waals surface area contributed by atoms with Gasteiger partial charge < -0.3 is 5.11 Å². The molecule has 3 heteroatoms. The van der Waals surface area contributed by atoms with Gasteiger partial charge in [0.2, 0.25) is 0 Å². The summed E-state index contributed by atoms with van der Waals surface area (Å²) in [5, 5.41) is 8.85. The maximum Gasteiger partial charge on any atom is 0.318 e. The van der Waals surface area contributed by atoms with Crippen LogP contribution in [0, 0.1) is 6.92 Å². The number of hydrogen-bond donors (Lipinski definition) is 1. The van der Waals surface area contributed by atoms with Crippen LogP contribution in [0.2, 0.25) is 0 Å². The van der Waals surface area contributed by atoms with Gasteiger partial charge in [-0.25, -0.2) is 0 Å². The van der Waals surface area contributed by atoms with E-state index < -0.39 is 11.9 Å². The number of hydrogen-bond acceptors (Lipinski definition) is 2. The van der Waals surface area contributed by atoms with Gasteiger partial charge in [0.15, 0.2) is 0 Å². The smallest absolute Gasteiger partial charge is 0.318 e. The minimum Gasteiger partial charge on any atom is -0.480 e. The van der Waals surface area contributed by atoms with Crippen LogP contribution < -0.4 is 0 Å². The minimum atomic E-state index is -1.10. The number of carbonyl (C=O) groups excluding carboxylic acids is 1. The van der Waals surface area contributed by atoms with Gasteiger partial charge in [-0.1, -0.05) is 29.8 Å². The molecule has 1 atom stereocenters. The van der Waals surface area contributed by atoms with Gasteiger partial charge >= 0.3 is 5.97 Å². The van der Waals surface area contributed by atoms with Crippen molar-refractivity contribution in [3.05, 3.63) is 35.4 Å². The van der Waals surface area contributed by atoms with Crippen molar-refractivity contribution in [3.63, 3.8) is 0 Å². The van der Waals surface area contributed by atoms with Gasteiger partial charge in [0.25, 0.3) is 0 Å². The summed E-state index contributed by atoms with van der Waals surface area (Å²) in [5.41, 5.74) is 1.58. The SMILES string of the molecule is CC(=O)C(C(=O)O)c1ccc(C)cc1. The summed E-state index contributed by atoms with van der Waals surface area (Å²) in [7, 11) is 0. The van der Waals surface area contributed by atoms with E-state index in [1.165, 1.54) is 6.92 Å². The second-order valence-corrected chi connectivity index (χ2v) is 3.29. The summed E-state index contributed by atoms with van der Waals surface area (Å²) in [5.74, 6) is -2.47. The molecule has 3 nitrogen and oxygen atoms in total. The van der Waals surface area contributed by atoms with Crippen molar-refractivity contribution in [1.29, 1.82) is 0 Å². The lowest BCUT2D eigenvalue weighted by molar-refractivity contribution is -0.142. The molecule has 1 aromatic rings. The summed E-state index contributed by atoms with van der Waals surface area (Å²) >= 11 is 0.